The Morgan fingerprint density at radius 1 is 0.571 bits per heavy atom. The summed E-state index contributed by atoms with van der Waals surface area (Å²) in [6, 6.07) is 0. The summed E-state index contributed by atoms with van der Waals surface area (Å²) in [5.74, 6) is 3.59. The standard InChI is InChI=1S/2C9H11.2ClH.Ti/c2*1-2-5-9-7-3-6-8(9)4-1;;;/h2*1-2,4-6,8-9H,3,7H2;2*1H;/q;;;;+2/p-2. The first-order valence-corrected chi connectivity index (χ1v) is 9.68. The van der Waals surface area contributed by atoms with Crippen LogP contribution < -0.4 is 24.8 Å². The second kappa shape index (κ2) is 7.69. The molecule has 6 unspecified atom stereocenters. The van der Waals surface area contributed by atoms with Crippen LogP contribution in [0, 0.1) is 23.7 Å². The van der Waals surface area contributed by atoms with Gasteiger partial charge in [-0.25, -0.2) is 0 Å². The molecule has 112 valence electrons. The molecule has 21 heavy (non-hydrogen) atoms. The van der Waals surface area contributed by atoms with Gasteiger partial charge in [0.1, 0.15) is 0 Å². The molecule has 2 fully saturated rings. The van der Waals surface area contributed by atoms with Crippen LogP contribution in [0.1, 0.15) is 25.7 Å². The fourth-order valence-corrected chi connectivity index (χ4v) is 8.29. The van der Waals surface area contributed by atoms with Crippen molar-refractivity contribution in [2.75, 3.05) is 0 Å². The average Bonchev–Trinajstić information content (AvgIpc) is 3.05. The molecule has 0 amide bonds. The summed E-state index contributed by atoms with van der Waals surface area (Å²) < 4.78 is 2.16. The van der Waals surface area contributed by atoms with E-state index >= 15 is 0 Å². The fourth-order valence-electron chi connectivity index (χ4n) is 4.58. The molecule has 6 atom stereocenters. The minimum Gasteiger partial charge on any atom is -1.00 e. The molecule has 0 aliphatic heterocycles. The second-order valence-electron chi connectivity index (χ2n) is 6.56. The van der Waals surface area contributed by atoms with Crippen molar-refractivity contribution in [3.8, 4) is 0 Å². The number of allylic oxidation sites excluding steroid dienone is 8. The van der Waals surface area contributed by atoms with E-state index in [0.717, 1.165) is 32.1 Å². The third-order valence-corrected chi connectivity index (χ3v) is 9.01. The van der Waals surface area contributed by atoms with Crippen LogP contribution in [-0.4, -0.2) is 0 Å². The zero-order chi connectivity index (χ0) is 12.7. The molecule has 4 rings (SSSR count). The Kier molecular flexibility index (Phi) is 6.44. The van der Waals surface area contributed by atoms with E-state index < -0.39 is 0 Å². The molecule has 0 radical (unpaired) electrons. The summed E-state index contributed by atoms with van der Waals surface area (Å²) in [7, 11) is 0. The minimum atomic E-state index is 0. The number of halogens is 2. The van der Waals surface area contributed by atoms with Gasteiger partial charge in [0.05, 0.1) is 0 Å². The van der Waals surface area contributed by atoms with Gasteiger partial charge in [-0.3, -0.25) is 0 Å². The molecule has 0 aromatic rings. The van der Waals surface area contributed by atoms with E-state index in [9.17, 15) is 0 Å². The maximum atomic E-state index is 2.52. The Morgan fingerprint density at radius 3 is 1.48 bits per heavy atom. The zero-order valence-corrected chi connectivity index (χ0v) is 15.2. The van der Waals surface area contributed by atoms with Crippen LogP contribution in [-0.2, 0) is 19.2 Å². The third kappa shape index (κ3) is 3.45. The molecule has 0 heterocycles. The van der Waals surface area contributed by atoms with Gasteiger partial charge in [-0.2, -0.15) is 0 Å². The first-order valence-electron chi connectivity index (χ1n) is 7.88. The maximum Gasteiger partial charge on any atom is -1.00 e. The van der Waals surface area contributed by atoms with Crippen LogP contribution in [0.15, 0.2) is 48.6 Å². The maximum absolute atomic E-state index is 2.52. The SMILES string of the molecule is C1=CC2CC[CH]([Ti+2][CH]3CCC4C=CC=CC43)C2C=C1.[Cl-].[Cl-]. The van der Waals surface area contributed by atoms with Gasteiger partial charge in [-0.15, -0.1) is 0 Å². The number of rotatable bonds is 2. The average molecular weight is 357 g/mol. The Balaban J connectivity index is 0.000000807. The fraction of sp³-hybridized carbons (Fsp3) is 0.556. The summed E-state index contributed by atoms with van der Waals surface area (Å²) >= 11 is 0.203. The van der Waals surface area contributed by atoms with Crippen molar-refractivity contribution in [2.24, 2.45) is 23.7 Å². The largest absolute Gasteiger partial charge is 1.00 e. The Bertz CT molecular complexity index is 424. The summed E-state index contributed by atoms with van der Waals surface area (Å²) in [5, 5.41) is 0. The van der Waals surface area contributed by atoms with Crippen LogP contribution in [0.4, 0.5) is 0 Å². The van der Waals surface area contributed by atoms with E-state index in [1.54, 1.807) is 0 Å². The van der Waals surface area contributed by atoms with Gasteiger partial charge in [0.25, 0.3) is 0 Å². The summed E-state index contributed by atoms with van der Waals surface area (Å²) in [5.41, 5.74) is 0. The van der Waals surface area contributed by atoms with Gasteiger partial charge in [0.15, 0.2) is 0 Å². The molecule has 0 aromatic carbocycles. The molecule has 0 bridgehead atoms. The van der Waals surface area contributed by atoms with Crippen LogP contribution in [0.3, 0.4) is 0 Å². The van der Waals surface area contributed by atoms with Crippen molar-refractivity contribution < 1.29 is 44.0 Å². The molecule has 0 aromatic heterocycles. The van der Waals surface area contributed by atoms with Gasteiger partial charge in [0, 0.05) is 0 Å². The topological polar surface area (TPSA) is 0 Å². The molecule has 0 nitrogen and oxygen atoms in total. The van der Waals surface area contributed by atoms with E-state index in [4.69, 9.17) is 0 Å². The van der Waals surface area contributed by atoms with Crippen molar-refractivity contribution in [1.82, 2.24) is 0 Å². The van der Waals surface area contributed by atoms with Gasteiger partial charge >= 0.3 is 126 Å². The van der Waals surface area contributed by atoms with Gasteiger partial charge < -0.3 is 24.8 Å². The Morgan fingerprint density at radius 2 is 1.00 bits per heavy atom. The predicted octanol–water partition coefficient (Wildman–Crippen LogP) is -1.04. The molecule has 0 saturated heterocycles. The first kappa shape index (κ1) is 17.6. The quantitative estimate of drug-likeness (QED) is 0.554. The van der Waals surface area contributed by atoms with E-state index in [2.05, 4.69) is 48.6 Å². The molecular weight excluding hydrogens is 335 g/mol. The minimum absolute atomic E-state index is 0. The van der Waals surface area contributed by atoms with Crippen LogP contribution in [0.25, 0.3) is 0 Å². The molecule has 0 N–H and O–H groups in total. The predicted molar refractivity (Wildman–Crippen MR) is 76.5 cm³/mol. The monoisotopic (exact) mass is 356 g/mol. The van der Waals surface area contributed by atoms with Crippen LogP contribution >= 0.6 is 0 Å². The molecule has 2 saturated carbocycles. The summed E-state index contributed by atoms with van der Waals surface area (Å²) in [6.45, 7) is 0. The Labute approximate surface area is 150 Å². The van der Waals surface area contributed by atoms with Crippen molar-refractivity contribution >= 4 is 0 Å². The summed E-state index contributed by atoms with van der Waals surface area (Å²) in [4.78, 5) is 0. The van der Waals surface area contributed by atoms with Crippen molar-refractivity contribution in [3.63, 3.8) is 0 Å². The van der Waals surface area contributed by atoms with Gasteiger partial charge in [0.2, 0.25) is 0 Å². The number of hydrogen-bond donors (Lipinski definition) is 0. The smallest absolute Gasteiger partial charge is 1.00 e. The molecular formula is C18H22Cl2Ti. The Hall–Kier alpha value is 0.254. The third-order valence-electron chi connectivity index (χ3n) is 5.57. The van der Waals surface area contributed by atoms with Crippen LogP contribution in [0.5, 0.6) is 0 Å². The molecule has 4 aliphatic carbocycles. The second-order valence-corrected chi connectivity index (χ2v) is 9.39. The van der Waals surface area contributed by atoms with E-state index in [1.807, 2.05) is 0 Å². The van der Waals surface area contributed by atoms with E-state index in [1.165, 1.54) is 25.7 Å². The molecule has 3 heteroatoms. The van der Waals surface area contributed by atoms with Crippen molar-refractivity contribution in [1.29, 1.82) is 0 Å². The zero-order valence-electron chi connectivity index (χ0n) is 12.2. The van der Waals surface area contributed by atoms with Crippen molar-refractivity contribution in [3.05, 3.63) is 48.6 Å². The van der Waals surface area contributed by atoms with Crippen molar-refractivity contribution in [2.45, 2.75) is 34.1 Å². The molecule has 0 spiro atoms. The van der Waals surface area contributed by atoms with Gasteiger partial charge in [-0.05, 0) is 0 Å². The van der Waals surface area contributed by atoms with Gasteiger partial charge in [-0.1, -0.05) is 0 Å². The normalized spacial score (nSPS) is 41.7. The number of fused-ring (bicyclic) bond motifs is 2. The van der Waals surface area contributed by atoms with Crippen LogP contribution in [0.2, 0.25) is 8.45 Å². The van der Waals surface area contributed by atoms with E-state index in [-0.39, 0.29) is 44.0 Å². The number of hydrogen-bond acceptors (Lipinski definition) is 0. The van der Waals surface area contributed by atoms with E-state index in [0.29, 0.717) is 0 Å². The molecule has 4 aliphatic rings. The summed E-state index contributed by atoms with van der Waals surface area (Å²) in [6.07, 6.45) is 25.0. The first-order chi connectivity index (χ1) is 9.42.